The Morgan fingerprint density at radius 1 is 1.19 bits per heavy atom. The van der Waals surface area contributed by atoms with Gasteiger partial charge in [-0.15, -0.1) is 0 Å². The summed E-state index contributed by atoms with van der Waals surface area (Å²) in [6.45, 7) is 7.18. The molecule has 0 radical (unpaired) electrons. The molecule has 0 aliphatic heterocycles. The van der Waals surface area contributed by atoms with Crippen LogP contribution >= 0.6 is 0 Å². The summed E-state index contributed by atoms with van der Waals surface area (Å²) in [5.74, 6) is -1.41. The highest BCUT2D eigenvalue weighted by Gasteiger charge is 2.27. The average molecular weight is 301 g/mol. The Balaban J connectivity index is 4.45. The lowest BCUT2D eigenvalue weighted by atomic mass is 9.99. The lowest BCUT2D eigenvalue weighted by molar-refractivity contribution is -0.146. The number of methoxy groups -OCH3 is 1. The minimum absolute atomic E-state index is 0.0176. The van der Waals surface area contributed by atoms with E-state index in [1.807, 2.05) is 27.7 Å². The van der Waals surface area contributed by atoms with Gasteiger partial charge in [-0.1, -0.05) is 34.1 Å². The number of hydrogen-bond acceptors (Lipinski definition) is 5. The normalized spacial score (nSPS) is 15.0. The predicted octanol–water partition coefficient (Wildman–Crippen LogP) is -0.210. The first-order valence-electron chi connectivity index (χ1n) is 7.15. The van der Waals surface area contributed by atoms with Crippen LogP contribution in [0.25, 0.3) is 0 Å². The van der Waals surface area contributed by atoms with Crippen molar-refractivity contribution in [3.63, 3.8) is 0 Å². The van der Waals surface area contributed by atoms with E-state index >= 15 is 0 Å². The fourth-order valence-corrected chi connectivity index (χ4v) is 1.61. The molecule has 0 rings (SSSR count). The summed E-state index contributed by atoms with van der Waals surface area (Å²) in [6, 6.07) is -1.38. The van der Waals surface area contributed by atoms with Crippen molar-refractivity contribution in [3.8, 4) is 0 Å². The Labute approximate surface area is 126 Å². The number of rotatable bonds is 8. The highest BCUT2D eigenvalue weighted by molar-refractivity contribution is 5.89. The molecule has 0 aromatic heterocycles. The van der Waals surface area contributed by atoms with Gasteiger partial charge in [0.25, 0.3) is 0 Å². The van der Waals surface area contributed by atoms with Crippen LogP contribution in [0, 0.1) is 11.8 Å². The highest BCUT2D eigenvalue weighted by Crippen LogP contribution is 2.09. The van der Waals surface area contributed by atoms with E-state index in [0.29, 0.717) is 6.42 Å². The van der Waals surface area contributed by atoms with E-state index in [9.17, 15) is 14.4 Å². The van der Waals surface area contributed by atoms with Gasteiger partial charge in [-0.2, -0.15) is 0 Å². The quantitative estimate of drug-likeness (QED) is 0.537. The molecule has 0 bridgehead atoms. The van der Waals surface area contributed by atoms with Gasteiger partial charge in [-0.3, -0.25) is 9.59 Å². The van der Waals surface area contributed by atoms with Crippen molar-refractivity contribution in [1.82, 2.24) is 10.6 Å². The molecule has 7 nitrogen and oxygen atoms in total. The fourth-order valence-electron chi connectivity index (χ4n) is 1.61. The molecule has 2 unspecified atom stereocenters. The van der Waals surface area contributed by atoms with Crippen molar-refractivity contribution in [1.29, 1.82) is 0 Å². The molecule has 0 heterocycles. The Morgan fingerprint density at radius 2 is 1.76 bits per heavy atom. The summed E-state index contributed by atoms with van der Waals surface area (Å²) in [7, 11) is 1.27. The maximum Gasteiger partial charge on any atom is 0.328 e. The van der Waals surface area contributed by atoms with Crippen LogP contribution in [-0.2, 0) is 19.1 Å². The molecule has 0 aromatic carbocycles. The maximum atomic E-state index is 11.8. The fraction of sp³-hybridized carbons (Fsp3) is 0.786. The second-order valence-electron chi connectivity index (χ2n) is 5.44. The zero-order chi connectivity index (χ0) is 16.6. The van der Waals surface area contributed by atoms with Gasteiger partial charge in [-0.05, 0) is 11.8 Å². The van der Waals surface area contributed by atoms with Crippen molar-refractivity contribution in [2.75, 3.05) is 13.7 Å². The van der Waals surface area contributed by atoms with E-state index in [-0.39, 0.29) is 18.4 Å². The van der Waals surface area contributed by atoms with Crippen LogP contribution in [0.1, 0.15) is 34.1 Å². The number of esters is 1. The first kappa shape index (κ1) is 19.4. The third-order valence-electron chi connectivity index (χ3n) is 3.43. The molecule has 0 fully saturated rings. The third-order valence-corrected chi connectivity index (χ3v) is 3.43. The van der Waals surface area contributed by atoms with E-state index < -0.39 is 29.9 Å². The zero-order valence-corrected chi connectivity index (χ0v) is 13.4. The first-order valence-corrected chi connectivity index (χ1v) is 7.15. The van der Waals surface area contributed by atoms with Crippen molar-refractivity contribution in [3.05, 3.63) is 0 Å². The van der Waals surface area contributed by atoms with Gasteiger partial charge in [-0.25, -0.2) is 4.79 Å². The summed E-state index contributed by atoms with van der Waals surface area (Å²) in [4.78, 5) is 35.1. The molecule has 0 aliphatic rings. The number of ether oxygens (including phenoxy) is 1. The molecular formula is C14H27N3O4. The molecule has 122 valence electrons. The number of carbonyl (C=O) groups excluding carboxylic acids is 3. The first-order chi connectivity index (χ1) is 9.74. The maximum absolute atomic E-state index is 11.8. The monoisotopic (exact) mass is 301 g/mol. The van der Waals surface area contributed by atoms with Gasteiger partial charge in [0.05, 0.1) is 19.7 Å². The Kier molecular flexibility index (Phi) is 8.61. The summed E-state index contributed by atoms with van der Waals surface area (Å²) < 4.78 is 4.67. The van der Waals surface area contributed by atoms with Gasteiger partial charge >= 0.3 is 5.97 Å². The smallest absolute Gasteiger partial charge is 0.328 e. The molecule has 0 spiro atoms. The molecule has 0 aromatic rings. The zero-order valence-electron chi connectivity index (χ0n) is 13.4. The van der Waals surface area contributed by atoms with Crippen molar-refractivity contribution < 1.29 is 19.1 Å². The van der Waals surface area contributed by atoms with Crippen LogP contribution in [0.2, 0.25) is 0 Å². The Bertz CT molecular complexity index is 371. The van der Waals surface area contributed by atoms with E-state index in [1.165, 1.54) is 7.11 Å². The van der Waals surface area contributed by atoms with Crippen molar-refractivity contribution in [2.24, 2.45) is 17.6 Å². The summed E-state index contributed by atoms with van der Waals surface area (Å²) in [5, 5.41) is 5.03. The van der Waals surface area contributed by atoms with Crippen LogP contribution < -0.4 is 16.4 Å². The van der Waals surface area contributed by atoms with E-state index in [1.54, 1.807) is 0 Å². The molecule has 21 heavy (non-hydrogen) atoms. The van der Waals surface area contributed by atoms with Crippen LogP contribution in [0.5, 0.6) is 0 Å². The van der Waals surface area contributed by atoms with Crippen LogP contribution in [0.3, 0.4) is 0 Å². The molecule has 2 amide bonds. The Hall–Kier alpha value is -1.63. The SMILES string of the molecule is CCC(C)C(NC(=O)CNC(=O)[C@@H](N)C(C)C)C(=O)OC. The largest absolute Gasteiger partial charge is 0.467 e. The minimum Gasteiger partial charge on any atom is -0.467 e. The number of carbonyl (C=O) groups is 3. The van der Waals surface area contributed by atoms with Crippen LogP contribution in [-0.4, -0.2) is 43.5 Å². The number of nitrogens with two attached hydrogens (primary N) is 1. The van der Waals surface area contributed by atoms with Crippen molar-refractivity contribution in [2.45, 2.75) is 46.2 Å². The molecule has 4 N–H and O–H groups in total. The second-order valence-corrected chi connectivity index (χ2v) is 5.44. The molecule has 3 atom stereocenters. The summed E-state index contributed by atoms with van der Waals surface area (Å²) in [5.41, 5.74) is 5.67. The Morgan fingerprint density at radius 3 is 2.19 bits per heavy atom. The summed E-state index contributed by atoms with van der Waals surface area (Å²) in [6.07, 6.45) is 0.713. The van der Waals surface area contributed by atoms with E-state index in [2.05, 4.69) is 15.4 Å². The van der Waals surface area contributed by atoms with Gasteiger partial charge in [0.2, 0.25) is 11.8 Å². The van der Waals surface area contributed by atoms with Gasteiger partial charge in [0, 0.05) is 0 Å². The van der Waals surface area contributed by atoms with Gasteiger partial charge in [0.15, 0.2) is 0 Å². The standard InChI is InChI=1S/C14H27N3O4/c1-6-9(4)12(14(20)21-5)17-10(18)7-16-13(19)11(15)8(2)3/h8-9,11-12H,6-7,15H2,1-5H3,(H,16,19)(H,17,18)/t9?,11-,12?/m0/s1. The molecule has 0 saturated carbocycles. The third kappa shape index (κ3) is 6.57. The lowest BCUT2D eigenvalue weighted by Gasteiger charge is -2.22. The summed E-state index contributed by atoms with van der Waals surface area (Å²) >= 11 is 0. The number of hydrogen-bond donors (Lipinski definition) is 3. The minimum atomic E-state index is -0.719. The topological polar surface area (TPSA) is 111 Å². The van der Waals surface area contributed by atoms with E-state index in [0.717, 1.165) is 0 Å². The average Bonchev–Trinajstić information content (AvgIpc) is 2.47. The van der Waals surface area contributed by atoms with Crippen LogP contribution in [0.4, 0.5) is 0 Å². The number of nitrogens with one attached hydrogen (secondary N) is 2. The molecular weight excluding hydrogens is 274 g/mol. The van der Waals surface area contributed by atoms with Gasteiger partial charge < -0.3 is 21.1 Å². The lowest BCUT2D eigenvalue weighted by Crippen LogP contribution is -2.51. The van der Waals surface area contributed by atoms with Gasteiger partial charge in [0.1, 0.15) is 6.04 Å². The van der Waals surface area contributed by atoms with Crippen LogP contribution in [0.15, 0.2) is 0 Å². The second kappa shape index (κ2) is 9.33. The molecule has 0 saturated heterocycles. The predicted molar refractivity (Wildman–Crippen MR) is 79.2 cm³/mol. The molecule has 7 heteroatoms. The van der Waals surface area contributed by atoms with Crippen molar-refractivity contribution >= 4 is 17.8 Å². The highest BCUT2D eigenvalue weighted by atomic mass is 16.5. The van der Waals surface area contributed by atoms with E-state index in [4.69, 9.17) is 5.73 Å². The molecule has 0 aliphatic carbocycles. The number of amides is 2.